The van der Waals surface area contributed by atoms with E-state index in [0.29, 0.717) is 5.89 Å². The van der Waals surface area contributed by atoms with Crippen LogP contribution in [0.4, 0.5) is 0 Å². The predicted molar refractivity (Wildman–Crippen MR) is 65.3 cm³/mol. The molecule has 1 aromatic carbocycles. The van der Waals surface area contributed by atoms with Gasteiger partial charge in [-0.1, -0.05) is 12.1 Å². The van der Waals surface area contributed by atoms with E-state index >= 15 is 0 Å². The molecule has 2 unspecified atom stereocenters. The van der Waals surface area contributed by atoms with Gasteiger partial charge in [-0.15, -0.1) is 0 Å². The second kappa shape index (κ2) is 4.69. The minimum absolute atomic E-state index is 0.287. The molecule has 0 amide bonds. The summed E-state index contributed by atoms with van der Waals surface area (Å²) in [7, 11) is 0. The largest absolute Gasteiger partial charge is 0.444 e. The van der Waals surface area contributed by atoms with E-state index < -0.39 is 6.10 Å². The normalized spacial score (nSPS) is 14.6. The van der Waals surface area contributed by atoms with Crippen LogP contribution in [0.15, 0.2) is 34.9 Å². The van der Waals surface area contributed by atoms with Gasteiger partial charge >= 0.3 is 0 Å². The highest BCUT2D eigenvalue weighted by molar-refractivity contribution is 5.53. The van der Waals surface area contributed by atoms with Gasteiger partial charge in [0.1, 0.15) is 6.26 Å². The molecule has 0 fully saturated rings. The molecule has 90 valence electrons. The average Bonchev–Trinajstić information content (AvgIpc) is 2.75. The van der Waals surface area contributed by atoms with Crippen molar-refractivity contribution in [1.82, 2.24) is 4.98 Å². The van der Waals surface area contributed by atoms with E-state index in [1.807, 2.05) is 31.2 Å². The molecule has 2 aromatic rings. The molecule has 0 radical (unpaired) electrons. The number of aryl methyl sites for hydroxylation is 1. The van der Waals surface area contributed by atoms with Crippen molar-refractivity contribution >= 4 is 0 Å². The van der Waals surface area contributed by atoms with Crippen LogP contribution in [0.25, 0.3) is 11.5 Å². The highest BCUT2D eigenvalue weighted by Crippen LogP contribution is 2.22. The third-order valence-electron chi connectivity index (χ3n) is 2.62. The number of nitrogens with two attached hydrogens (primary N) is 1. The number of nitrogens with zero attached hydrogens (tertiary/aromatic N) is 1. The number of benzene rings is 1. The zero-order chi connectivity index (χ0) is 12.4. The van der Waals surface area contributed by atoms with Crippen LogP contribution in [0.3, 0.4) is 0 Å². The molecule has 1 heterocycles. The first-order valence-corrected chi connectivity index (χ1v) is 5.54. The molecular formula is C13H16N2O2. The summed E-state index contributed by atoms with van der Waals surface area (Å²) in [6, 6.07) is 7.12. The lowest BCUT2D eigenvalue weighted by Gasteiger charge is -2.14. The van der Waals surface area contributed by atoms with Gasteiger partial charge in [0, 0.05) is 11.6 Å². The zero-order valence-corrected chi connectivity index (χ0v) is 9.92. The van der Waals surface area contributed by atoms with Crippen LogP contribution in [-0.2, 0) is 0 Å². The van der Waals surface area contributed by atoms with Crippen molar-refractivity contribution < 1.29 is 9.52 Å². The summed E-state index contributed by atoms with van der Waals surface area (Å²) in [5.74, 6) is 0.587. The lowest BCUT2D eigenvalue weighted by molar-refractivity contribution is 0.153. The van der Waals surface area contributed by atoms with Crippen LogP contribution < -0.4 is 5.73 Å². The Labute approximate surface area is 100 Å². The summed E-state index contributed by atoms with van der Waals surface area (Å²) in [6.45, 7) is 3.65. The number of rotatable bonds is 3. The van der Waals surface area contributed by atoms with Gasteiger partial charge in [-0.3, -0.25) is 0 Å². The van der Waals surface area contributed by atoms with Gasteiger partial charge in [-0.25, -0.2) is 4.98 Å². The molecule has 17 heavy (non-hydrogen) atoms. The van der Waals surface area contributed by atoms with E-state index in [1.165, 1.54) is 0 Å². The van der Waals surface area contributed by atoms with Gasteiger partial charge in [0.25, 0.3) is 0 Å². The van der Waals surface area contributed by atoms with Crippen LogP contribution >= 0.6 is 0 Å². The first-order chi connectivity index (χ1) is 8.08. The second-order valence-electron chi connectivity index (χ2n) is 4.22. The summed E-state index contributed by atoms with van der Waals surface area (Å²) in [5, 5.41) is 9.80. The van der Waals surface area contributed by atoms with Gasteiger partial charge < -0.3 is 15.3 Å². The first kappa shape index (κ1) is 11.8. The first-order valence-electron chi connectivity index (χ1n) is 5.54. The summed E-state index contributed by atoms with van der Waals surface area (Å²) >= 11 is 0. The van der Waals surface area contributed by atoms with Crippen LogP contribution in [-0.4, -0.2) is 16.1 Å². The molecule has 3 N–H and O–H groups in total. The Morgan fingerprint density at radius 3 is 2.41 bits per heavy atom. The Morgan fingerprint density at radius 1 is 1.29 bits per heavy atom. The third-order valence-corrected chi connectivity index (χ3v) is 2.62. The van der Waals surface area contributed by atoms with Gasteiger partial charge in [0.15, 0.2) is 0 Å². The smallest absolute Gasteiger partial charge is 0.226 e. The number of aromatic nitrogens is 1. The molecule has 0 aliphatic carbocycles. The van der Waals surface area contributed by atoms with Crippen molar-refractivity contribution in [1.29, 1.82) is 0 Å². The summed E-state index contributed by atoms with van der Waals surface area (Å²) in [4.78, 5) is 4.24. The van der Waals surface area contributed by atoms with E-state index in [1.54, 1.807) is 13.2 Å². The molecule has 0 spiro atoms. The Hall–Kier alpha value is -1.65. The summed E-state index contributed by atoms with van der Waals surface area (Å²) in [5.41, 5.74) is 8.17. The minimum Gasteiger partial charge on any atom is -0.444 e. The van der Waals surface area contributed by atoms with Crippen LogP contribution in [0.5, 0.6) is 0 Å². The van der Waals surface area contributed by atoms with Crippen molar-refractivity contribution in [3.63, 3.8) is 0 Å². The molecule has 0 saturated heterocycles. The molecule has 0 bridgehead atoms. The van der Waals surface area contributed by atoms with E-state index in [0.717, 1.165) is 16.8 Å². The molecule has 4 nitrogen and oxygen atoms in total. The van der Waals surface area contributed by atoms with Crippen molar-refractivity contribution in [2.75, 3.05) is 0 Å². The maximum atomic E-state index is 9.80. The maximum absolute atomic E-state index is 9.80. The van der Waals surface area contributed by atoms with Gasteiger partial charge in [-0.2, -0.15) is 0 Å². The highest BCUT2D eigenvalue weighted by Gasteiger charge is 2.12. The van der Waals surface area contributed by atoms with Crippen LogP contribution in [0.1, 0.15) is 24.3 Å². The van der Waals surface area contributed by atoms with Crippen molar-refractivity contribution in [3.8, 4) is 11.5 Å². The Kier molecular flexibility index (Phi) is 3.26. The predicted octanol–water partition coefficient (Wildman–Crippen LogP) is 2.03. The van der Waals surface area contributed by atoms with Gasteiger partial charge in [-0.05, 0) is 31.5 Å². The SMILES string of the molecule is Cc1coc(-c2ccc(C(O)C(C)N)cc2)n1. The third kappa shape index (κ3) is 2.54. The molecule has 0 aliphatic rings. The van der Waals surface area contributed by atoms with Crippen LogP contribution in [0, 0.1) is 6.92 Å². The Bertz CT molecular complexity index is 488. The van der Waals surface area contributed by atoms with E-state index in [-0.39, 0.29) is 6.04 Å². The summed E-state index contributed by atoms with van der Waals surface area (Å²) < 4.78 is 5.30. The molecule has 0 saturated carbocycles. The molecule has 2 rings (SSSR count). The van der Waals surface area contributed by atoms with E-state index in [2.05, 4.69) is 4.98 Å². The van der Waals surface area contributed by atoms with E-state index in [9.17, 15) is 5.11 Å². The topological polar surface area (TPSA) is 72.3 Å². The van der Waals surface area contributed by atoms with Crippen molar-refractivity contribution in [2.45, 2.75) is 26.0 Å². The fourth-order valence-corrected chi connectivity index (χ4v) is 1.61. The molecule has 0 aliphatic heterocycles. The molecule has 2 atom stereocenters. The second-order valence-corrected chi connectivity index (χ2v) is 4.22. The lowest BCUT2D eigenvalue weighted by Crippen LogP contribution is -2.24. The molecule has 4 heteroatoms. The monoisotopic (exact) mass is 232 g/mol. The number of hydrogen-bond donors (Lipinski definition) is 2. The summed E-state index contributed by atoms with van der Waals surface area (Å²) in [6.07, 6.45) is 0.968. The standard InChI is InChI=1S/C13H16N2O2/c1-8-7-17-13(15-8)11-5-3-10(4-6-11)12(16)9(2)14/h3-7,9,12,16H,14H2,1-2H3. The lowest BCUT2D eigenvalue weighted by atomic mass is 10.0. The highest BCUT2D eigenvalue weighted by atomic mass is 16.3. The minimum atomic E-state index is -0.643. The number of aliphatic hydroxyl groups is 1. The molecule has 1 aromatic heterocycles. The Balaban J connectivity index is 2.24. The van der Waals surface area contributed by atoms with Gasteiger partial charge in [0.05, 0.1) is 11.8 Å². The van der Waals surface area contributed by atoms with Crippen molar-refractivity contribution in [3.05, 3.63) is 41.8 Å². The van der Waals surface area contributed by atoms with Gasteiger partial charge in [0.2, 0.25) is 5.89 Å². The molecular weight excluding hydrogens is 216 g/mol. The number of hydrogen-bond acceptors (Lipinski definition) is 4. The number of oxazole rings is 1. The number of aliphatic hydroxyl groups excluding tert-OH is 1. The van der Waals surface area contributed by atoms with Crippen LogP contribution in [0.2, 0.25) is 0 Å². The Morgan fingerprint density at radius 2 is 1.94 bits per heavy atom. The quantitative estimate of drug-likeness (QED) is 0.849. The zero-order valence-electron chi connectivity index (χ0n) is 9.92. The fourth-order valence-electron chi connectivity index (χ4n) is 1.61. The fraction of sp³-hybridized carbons (Fsp3) is 0.308. The van der Waals surface area contributed by atoms with Crippen molar-refractivity contribution in [2.24, 2.45) is 5.73 Å². The van der Waals surface area contributed by atoms with E-state index in [4.69, 9.17) is 10.2 Å². The average molecular weight is 232 g/mol. The maximum Gasteiger partial charge on any atom is 0.226 e.